The van der Waals surface area contributed by atoms with E-state index in [0.29, 0.717) is 0 Å². The van der Waals surface area contributed by atoms with Gasteiger partial charge in [-0.1, -0.05) is 0 Å². The van der Waals surface area contributed by atoms with Crippen LogP contribution in [0.1, 0.15) is 6.23 Å². The number of nitrogens with zero attached hydrogens (tertiary/aromatic N) is 1. The van der Waals surface area contributed by atoms with Gasteiger partial charge in [-0.25, -0.2) is 4.79 Å². The van der Waals surface area contributed by atoms with E-state index in [9.17, 15) is 29.7 Å². The molecule has 5 atom stereocenters. The summed E-state index contributed by atoms with van der Waals surface area (Å²) in [6.07, 6.45) is -6.84. The molecule has 0 aromatic carbocycles. The first-order chi connectivity index (χ1) is 9.32. The highest BCUT2D eigenvalue weighted by atomic mass is 16.6. The fourth-order valence-electron chi connectivity index (χ4n) is 1.97. The molecule has 1 aliphatic rings. The van der Waals surface area contributed by atoms with E-state index in [1.54, 1.807) is 0 Å². The maximum atomic E-state index is 11.6. The number of aromatic amines is 1. The first kappa shape index (κ1) is 14.4. The van der Waals surface area contributed by atoms with Gasteiger partial charge in [0.15, 0.2) is 12.3 Å². The van der Waals surface area contributed by atoms with E-state index in [4.69, 9.17) is 10.5 Å². The van der Waals surface area contributed by atoms with Crippen LogP contribution in [0.4, 0.5) is 0 Å². The molecule has 0 saturated carbocycles. The maximum Gasteiger partial charge on any atom is 0.330 e. The number of carbonyl (C=O) groups excluding carboxylic acids is 1. The Labute approximate surface area is 111 Å². The lowest BCUT2D eigenvalue weighted by atomic mass is 10.1. The summed E-state index contributed by atoms with van der Waals surface area (Å²) >= 11 is 0. The first-order valence-electron chi connectivity index (χ1n) is 5.63. The van der Waals surface area contributed by atoms with Gasteiger partial charge in [-0.15, -0.1) is 0 Å². The van der Waals surface area contributed by atoms with Crippen LogP contribution in [0.25, 0.3) is 0 Å². The van der Waals surface area contributed by atoms with E-state index in [-0.39, 0.29) is 0 Å². The molecule has 0 aliphatic carbocycles. The van der Waals surface area contributed by atoms with Gasteiger partial charge in [-0.3, -0.25) is 19.1 Å². The predicted octanol–water partition coefficient (Wildman–Crippen LogP) is -4.00. The Morgan fingerprint density at radius 3 is 2.60 bits per heavy atom. The van der Waals surface area contributed by atoms with Crippen molar-refractivity contribution in [1.82, 2.24) is 9.55 Å². The van der Waals surface area contributed by atoms with E-state index in [1.165, 1.54) is 0 Å². The fourth-order valence-corrected chi connectivity index (χ4v) is 1.97. The highest BCUT2D eigenvalue weighted by molar-refractivity contribution is 5.79. The molecule has 1 aromatic rings. The van der Waals surface area contributed by atoms with Crippen molar-refractivity contribution in [3.63, 3.8) is 0 Å². The molecule has 6 N–H and O–H groups in total. The van der Waals surface area contributed by atoms with E-state index in [1.807, 2.05) is 4.98 Å². The summed E-state index contributed by atoms with van der Waals surface area (Å²) in [7, 11) is 0. The van der Waals surface area contributed by atoms with Crippen LogP contribution in [0.5, 0.6) is 0 Å². The van der Waals surface area contributed by atoms with Crippen LogP contribution >= 0.6 is 0 Å². The summed E-state index contributed by atoms with van der Waals surface area (Å²) in [6, 6.07) is 1.02. The number of hydrogen-bond acceptors (Lipinski definition) is 7. The Morgan fingerprint density at radius 1 is 1.40 bits per heavy atom. The van der Waals surface area contributed by atoms with E-state index >= 15 is 0 Å². The first-order valence-corrected chi connectivity index (χ1v) is 5.63. The minimum absolute atomic E-state index is 0.645. The number of aliphatic hydroxyl groups is 3. The van der Waals surface area contributed by atoms with Gasteiger partial charge in [0.25, 0.3) is 5.56 Å². The summed E-state index contributed by atoms with van der Waals surface area (Å²) in [6.45, 7) is 0. The van der Waals surface area contributed by atoms with E-state index in [0.717, 1.165) is 16.8 Å². The highest BCUT2D eigenvalue weighted by Gasteiger charge is 2.48. The summed E-state index contributed by atoms with van der Waals surface area (Å²) in [5.41, 5.74) is 3.36. The SMILES string of the molecule is NC(=O)C(O)[C@@H]1O[C@H](n2ccc(=O)[nH]c2=O)C(O)C1O. The molecule has 2 rings (SSSR count). The number of primary amides is 1. The maximum absolute atomic E-state index is 11.6. The molecule has 2 heterocycles. The molecule has 0 radical (unpaired) electrons. The van der Waals surface area contributed by atoms with Gasteiger partial charge < -0.3 is 25.8 Å². The van der Waals surface area contributed by atoms with Gasteiger partial charge in [0.05, 0.1) is 0 Å². The molecular weight excluding hydrogens is 274 g/mol. The van der Waals surface area contributed by atoms with Crippen LogP contribution in [0.2, 0.25) is 0 Å². The highest BCUT2D eigenvalue weighted by Crippen LogP contribution is 2.29. The second-order valence-electron chi connectivity index (χ2n) is 4.34. The minimum Gasteiger partial charge on any atom is -0.387 e. The van der Waals surface area contributed by atoms with Crippen molar-refractivity contribution < 1.29 is 24.9 Å². The summed E-state index contributed by atoms with van der Waals surface area (Å²) in [4.78, 5) is 35.3. The van der Waals surface area contributed by atoms with Gasteiger partial charge in [-0.05, 0) is 0 Å². The zero-order valence-corrected chi connectivity index (χ0v) is 10.0. The van der Waals surface area contributed by atoms with Crippen molar-refractivity contribution in [3.8, 4) is 0 Å². The van der Waals surface area contributed by atoms with Gasteiger partial charge in [0, 0.05) is 12.3 Å². The average Bonchev–Trinajstić information content (AvgIpc) is 2.66. The van der Waals surface area contributed by atoms with Crippen molar-refractivity contribution in [2.24, 2.45) is 5.73 Å². The van der Waals surface area contributed by atoms with E-state index in [2.05, 4.69) is 0 Å². The van der Waals surface area contributed by atoms with E-state index < -0.39 is 47.8 Å². The molecule has 110 valence electrons. The molecule has 20 heavy (non-hydrogen) atoms. The molecule has 1 saturated heterocycles. The van der Waals surface area contributed by atoms with Gasteiger partial charge in [-0.2, -0.15) is 0 Å². The van der Waals surface area contributed by atoms with Gasteiger partial charge >= 0.3 is 5.69 Å². The Bertz CT molecular complexity index is 624. The lowest BCUT2D eigenvalue weighted by molar-refractivity contribution is -0.140. The standard InChI is InChI=1S/C10H13N3O7/c11-8(18)6(17)7-4(15)5(16)9(20-7)13-2-1-3(14)12-10(13)19/h1-2,4-7,9,15-17H,(H2,11,18)(H,12,14,19)/t4?,5?,6?,7-,9+/m1/s1. The smallest absolute Gasteiger partial charge is 0.330 e. The molecule has 10 heteroatoms. The molecule has 0 bridgehead atoms. The van der Waals surface area contributed by atoms with Crippen LogP contribution in [-0.2, 0) is 9.53 Å². The third-order valence-corrected chi connectivity index (χ3v) is 3.00. The number of nitrogens with two attached hydrogens (primary N) is 1. The molecule has 1 aromatic heterocycles. The Balaban J connectivity index is 2.33. The number of aliphatic hydroxyl groups excluding tert-OH is 3. The second-order valence-corrected chi connectivity index (χ2v) is 4.34. The molecular formula is C10H13N3O7. The third-order valence-electron chi connectivity index (χ3n) is 3.00. The minimum atomic E-state index is -1.84. The summed E-state index contributed by atoms with van der Waals surface area (Å²) in [5.74, 6) is -1.14. The summed E-state index contributed by atoms with van der Waals surface area (Å²) in [5, 5.41) is 29.0. The van der Waals surface area contributed by atoms with Crippen molar-refractivity contribution in [3.05, 3.63) is 33.1 Å². The monoisotopic (exact) mass is 287 g/mol. The Kier molecular flexibility index (Phi) is 3.72. The van der Waals surface area contributed by atoms with Crippen LogP contribution in [0, 0.1) is 0 Å². The molecule has 3 unspecified atom stereocenters. The van der Waals surface area contributed by atoms with Crippen LogP contribution < -0.4 is 17.0 Å². The number of hydrogen-bond donors (Lipinski definition) is 5. The van der Waals surface area contributed by atoms with Crippen molar-refractivity contribution in [1.29, 1.82) is 0 Å². The van der Waals surface area contributed by atoms with Gasteiger partial charge in [0.1, 0.15) is 18.3 Å². The molecule has 0 spiro atoms. The third kappa shape index (κ3) is 2.36. The van der Waals surface area contributed by atoms with Crippen LogP contribution in [0.15, 0.2) is 21.9 Å². The lowest BCUT2D eigenvalue weighted by Gasteiger charge is -2.18. The molecule has 10 nitrogen and oxygen atoms in total. The topological polar surface area (TPSA) is 168 Å². The number of aromatic nitrogens is 2. The zero-order chi connectivity index (χ0) is 15.0. The number of amides is 1. The predicted molar refractivity (Wildman–Crippen MR) is 62.4 cm³/mol. The second kappa shape index (κ2) is 5.17. The van der Waals surface area contributed by atoms with Crippen molar-refractivity contribution in [2.75, 3.05) is 0 Å². The lowest BCUT2D eigenvalue weighted by Crippen LogP contribution is -2.45. The number of ether oxygens (including phenoxy) is 1. The van der Waals surface area contributed by atoms with Gasteiger partial charge in [0.2, 0.25) is 5.91 Å². The number of H-pyrrole nitrogens is 1. The number of carbonyl (C=O) groups is 1. The summed E-state index contributed by atoms with van der Waals surface area (Å²) < 4.78 is 5.93. The van der Waals surface area contributed by atoms with Crippen LogP contribution in [0.3, 0.4) is 0 Å². The number of nitrogens with one attached hydrogen (secondary N) is 1. The Morgan fingerprint density at radius 2 is 2.05 bits per heavy atom. The quantitative estimate of drug-likeness (QED) is 0.377. The number of rotatable bonds is 3. The normalized spacial score (nSPS) is 31.1. The molecule has 1 fully saturated rings. The Hall–Kier alpha value is -2.01. The van der Waals surface area contributed by atoms with Crippen LogP contribution in [-0.4, -0.2) is 55.2 Å². The largest absolute Gasteiger partial charge is 0.387 e. The van der Waals surface area contributed by atoms with Crippen molar-refractivity contribution >= 4 is 5.91 Å². The average molecular weight is 287 g/mol. The fraction of sp³-hybridized carbons (Fsp3) is 0.500. The molecule has 1 amide bonds. The van der Waals surface area contributed by atoms with Crippen molar-refractivity contribution in [2.45, 2.75) is 30.6 Å². The molecule has 1 aliphatic heterocycles. The zero-order valence-electron chi connectivity index (χ0n) is 10.0.